The first-order chi connectivity index (χ1) is 14.8. The SMILES string of the molecule is CCOC(=O)COc1nc(-c2cccc(NC3CCNC(C)(C)C3)c2)oc1C(=O)OC. The maximum absolute atomic E-state index is 12.1. The molecule has 168 valence electrons. The van der Waals surface area contributed by atoms with Crippen LogP contribution in [0.3, 0.4) is 0 Å². The highest BCUT2D eigenvalue weighted by Crippen LogP contribution is 2.30. The van der Waals surface area contributed by atoms with Gasteiger partial charge in [0.15, 0.2) is 6.61 Å². The molecule has 1 atom stereocenters. The van der Waals surface area contributed by atoms with Gasteiger partial charge in [-0.3, -0.25) is 0 Å². The molecule has 2 N–H and O–H groups in total. The molecule has 9 nitrogen and oxygen atoms in total. The minimum Gasteiger partial charge on any atom is -0.463 e. The molecule has 1 fully saturated rings. The van der Waals surface area contributed by atoms with Crippen molar-refractivity contribution in [1.82, 2.24) is 10.3 Å². The number of oxazole rings is 1. The molecule has 1 saturated heterocycles. The van der Waals surface area contributed by atoms with E-state index in [2.05, 4.69) is 29.5 Å². The van der Waals surface area contributed by atoms with Crippen LogP contribution in [0.25, 0.3) is 11.5 Å². The van der Waals surface area contributed by atoms with Crippen LogP contribution in [0.1, 0.15) is 44.2 Å². The fourth-order valence-corrected chi connectivity index (χ4v) is 3.55. The summed E-state index contributed by atoms with van der Waals surface area (Å²) in [7, 11) is 1.23. The molecule has 2 aromatic rings. The highest BCUT2D eigenvalue weighted by atomic mass is 16.6. The van der Waals surface area contributed by atoms with E-state index in [1.165, 1.54) is 7.11 Å². The van der Waals surface area contributed by atoms with Gasteiger partial charge in [-0.25, -0.2) is 9.59 Å². The average Bonchev–Trinajstić information content (AvgIpc) is 3.16. The maximum atomic E-state index is 12.1. The molecule has 0 radical (unpaired) electrons. The van der Waals surface area contributed by atoms with Crippen molar-refractivity contribution in [3.8, 4) is 17.3 Å². The number of carbonyl (C=O) groups excluding carboxylic acids is 2. The summed E-state index contributed by atoms with van der Waals surface area (Å²) in [5.74, 6) is -1.45. The molecule has 1 aliphatic rings. The minimum absolute atomic E-state index is 0.0800. The highest BCUT2D eigenvalue weighted by Gasteiger charge is 2.28. The third kappa shape index (κ3) is 5.97. The number of rotatable bonds is 8. The zero-order chi connectivity index (χ0) is 22.4. The van der Waals surface area contributed by atoms with Gasteiger partial charge in [-0.2, -0.15) is 4.98 Å². The Kier molecular flexibility index (Phi) is 7.17. The summed E-state index contributed by atoms with van der Waals surface area (Å²) in [6.07, 6.45) is 2.01. The normalized spacial score (nSPS) is 17.6. The topological polar surface area (TPSA) is 112 Å². The predicted molar refractivity (Wildman–Crippen MR) is 114 cm³/mol. The van der Waals surface area contributed by atoms with Crippen LogP contribution in [-0.4, -0.2) is 55.4 Å². The van der Waals surface area contributed by atoms with Crippen LogP contribution >= 0.6 is 0 Å². The maximum Gasteiger partial charge on any atom is 0.379 e. The van der Waals surface area contributed by atoms with E-state index in [9.17, 15) is 9.59 Å². The van der Waals surface area contributed by atoms with Crippen LogP contribution in [0.15, 0.2) is 28.7 Å². The van der Waals surface area contributed by atoms with E-state index in [1.54, 1.807) is 6.92 Å². The lowest BCUT2D eigenvalue weighted by Crippen LogP contribution is -2.49. The van der Waals surface area contributed by atoms with Gasteiger partial charge in [0.1, 0.15) is 0 Å². The monoisotopic (exact) mass is 431 g/mol. The number of piperidine rings is 1. The fraction of sp³-hybridized carbons (Fsp3) is 0.500. The molecule has 0 bridgehead atoms. The van der Waals surface area contributed by atoms with Gasteiger partial charge in [0.2, 0.25) is 5.89 Å². The van der Waals surface area contributed by atoms with E-state index >= 15 is 0 Å². The number of methoxy groups -OCH3 is 1. The number of benzene rings is 1. The average molecular weight is 431 g/mol. The van der Waals surface area contributed by atoms with Gasteiger partial charge in [0, 0.05) is 22.8 Å². The summed E-state index contributed by atoms with van der Waals surface area (Å²) in [6.45, 7) is 6.86. The summed E-state index contributed by atoms with van der Waals surface area (Å²) in [4.78, 5) is 27.9. The van der Waals surface area contributed by atoms with Gasteiger partial charge in [-0.05, 0) is 58.4 Å². The second-order valence-electron chi connectivity index (χ2n) is 7.96. The Balaban J connectivity index is 1.79. The lowest BCUT2D eigenvalue weighted by Gasteiger charge is -2.37. The first-order valence-electron chi connectivity index (χ1n) is 10.3. The highest BCUT2D eigenvalue weighted by molar-refractivity contribution is 5.89. The molecule has 31 heavy (non-hydrogen) atoms. The standard InChI is InChI=1S/C22H29N3O6/c1-5-29-17(26)13-30-20-18(21(27)28-4)31-19(25-20)14-7-6-8-15(11-14)24-16-9-10-23-22(2,3)12-16/h6-8,11,16,23-24H,5,9-10,12-13H2,1-4H3. The van der Waals surface area contributed by atoms with Gasteiger partial charge >= 0.3 is 11.9 Å². The molecule has 0 aliphatic carbocycles. The molecular formula is C22H29N3O6. The zero-order valence-corrected chi connectivity index (χ0v) is 18.3. The predicted octanol–water partition coefficient (Wildman–Crippen LogP) is 3.01. The lowest BCUT2D eigenvalue weighted by atomic mass is 9.89. The quantitative estimate of drug-likeness (QED) is 0.609. The number of hydrogen-bond donors (Lipinski definition) is 2. The second-order valence-corrected chi connectivity index (χ2v) is 7.96. The van der Waals surface area contributed by atoms with Crippen LogP contribution in [0, 0.1) is 0 Å². The molecule has 1 aliphatic heterocycles. The number of hydrogen-bond acceptors (Lipinski definition) is 9. The van der Waals surface area contributed by atoms with Crippen molar-refractivity contribution >= 4 is 17.6 Å². The molecule has 1 unspecified atom stereocenters. The number of nitrogens with zero attached hydrogens (tertiary/aromatic N) is 1. The van der Waals surface area contributed by atoms with Crippen LogP contribution in [0.4, 0.5) is 5.69 Å². The third-order valence-electron chi connectivity index (χ3n) is 4.93. The Morgan fingerprint density at radius 2 is 2.16 bits per heavy atom. The van der Waals surface area contributed by atoms with Gasteiger partial charge in [0.05, 0.1) is 13.7 Å². The lowest BCUT2D eigenvalue weighted by molar-refractivity contribution is -0.145. The largest absolute Gasteiger partial charge is 0.463 e. The number of esters is 2. The van der Waals surface area contributed by atoms with Crippen molar-refractivity contribution in [1.29, 1.82) is 0 Å². The van der Waals surface area contributed by atoms with Crippen LogP contribution in [0.5, 0.6) is 5.88 Å². The summed E-state index contributed by atoms with van der Waals surface area (Å²) in [5, 5.41) is 7.07. The van der Waals surface area contributed by atoms with Gasteiger partial charge in [0.25, 0.3) is 11.6 Å². The van der Waals surface area contributed by atoms with E-state index in [-0.39, 0.29) is 29.7 Å². The van der Waals surface area contributed by atoms with E-state index < -0.39 is 18.5 Å². The molecule has 0 saturated carbocycles. The van der Waals surface area contributed by atoms with Gasteiger partial charge < -0.3 is 29.3 Å². The minimum atomic E-state index is -0.746. The molecular weight excluding hydrogens is 402 g/mol. The number of carbonyl (C=O) groups is 2. The Morgan fingerprint density at radius 1 is 1.35 bits per heavy atom. The zero-order valence-electron chi connectivity index (χ0n) is 18.3. The Hall–Kier alpha value is -3.07. The van der Waals surface area contributed by atoms with Crippen molar-refractivity contribution in [2.75, 3.05) is 32.2 Å². The van der Waals surface area contributed by atoms with Crippen molar-refractivity contribution in [3.05, 3.63) is 30.0 Å². The Morgan fingerprint density at radius 3 is 2.87 bits per heavy atom. The number of nitrogens with one attached hydrogen (secondary N) is 2. The van der Waals surface area contributed by atoms with Crippen LogP contribution in [0.2, 0.25) is 0 Å². The van der Waals surface area contributed by atoms with Crippen molar-refractivity contribution in [2.45, 2.75) is 45.2 Å². The third-order valence-corrected chi connectivity index (χ3v) is 4.93. The summed E-state index contributed by atoms with van der Waals surface area (Å²) >= 11 is 0. The molecule has 0 spiro atoms. The Bertz CT molecular complexity index is 924. The first kappa shape index (κ1) is 22.6. The smallest absolute Gasteiger partial charge is 0.379 e. The first-order valence-corrected chi connectivity index (χ1v) is 10.3. The summed E-state index contributed by atoms with van der Waals surface area (Å²) < 4.78 is 20.5. The molecule has 0 amide bonds. The number of ether oxygens (including phenoxy) is 3. The van der Waals surface area contributed by atoms with E-state index in [0.29, 0.717) is 11.6 Å². The molecule has 2 heterocycles. The molecule has 9 heteroatoms. The van der Waals surface area contributed by atoms with Gasteiger partial charge in [-0.1, -0.05) is 6.07 Å². The fourth-order valence-electron chi connectivity index (χ4n) is 3.55. The molecule has 1 aromatic carbocycles. The number of anilines is 1. The van der Waals surface area contributed by atoms with Crippen molar-refractivity contribution in [3.63, 3.8) is 0 Å². The van der Waals surface area contributed by atoms with Crippen LogP contribution < -0.4 is 15.4 Å². The summed E-state index contributed by atoms with van der Waals surface area (Å²) in [6, 6.07) is 7.91. The second kappa shape index (κ2) is 9.82. The van der Waals surface area contributed by atoms with Crippen molar-refractivity contribution < 1.29 is 28.2 Å². The summed E-state index contributed by atoms with van der Waals surface area (Å²) in [5.41, 5.74) is 1.66. The Labute approximate surface area is 181 Å². The van der Waals surface area contributed by atoms with E-state index in [0.717, 1.165) is 25.1 Å². The molecule has 1 aromatic heterocycles. The van der Waals surface area contributed by atoms with E-state index in [4.69, 9.17) is 18.6 Å². The van der Waals surface area contributed by atoms with E-state index in [1.807, 2.05) is 24.3 Å². The molecule has 3 rings (SSSR count). The van der Waals surface area contributed by atoms with Crippen molar-refractivity contribution in [2.24, 2.45) is 0 Å². The van der Waals surface area contributed by atoms with Crippen LogP contribution in [-0.2, 0) is 14.3 Å². The number of aromatic nitrogens is 1. The van der Waals surface area contributed by atoms with Gasteiger partial charge in [-0.15, -0.1) is 0 Å².